The van der Waals surface area contributed by atoms with Crippen LogP contribution in [-0.2, 0) is 5.41 Å². The summed E-state index contributed by atoms with van der Waals surface area (Å²) in [6.07, 6.45) is 0. The molecule has 0 unspecified atom stereocenters. The fourth-order valence-electron chi connectivity index (χ4n) is 9.59. The molecule has 62 heavy (non-hydrogen) atoms. The number of rotatable bonds is 7. The predicted octanol–water partition coefficient (Wildman–Crippen LogP) is 14.5. The van der Waals surface area contributed by atoms with Gasteiger partial charge in [-0.05, 0) is 86.0 Å². The minimum absolute atomic E-state index is 0.592. The molecule has 290 valence electrons. The number of furan rings is 1. The average Bonchev–Trinajstić information content (AvgIpc) is 3.87. The van der Waals surface area contributed by atoms with E-state index in [2.05, 4.69) is 188 Å². The molecule has 0 bridgehead atoms. The zero-order chi connectivity index (χ0) is 41.0. The van der Waals surface area contributed by atoms with Crippen molar-refractivity contribution in [2.45, 2.75) is 5.41 Å². The first kappa shape index (κ1) is 35.7. The molecule has 0 amide bonds. The second-order valence-electron chi connectivity index (χ2n) is 15.9. The van der Waals surface area contributed by atoms with Crippen LogP contribution in [0.5, 0.6) is 0 Å². The van der Waals surface area contributed by atoms with Crippen molar-refractivity contribution in [3.05, 3.63) is 247 Å². The van der Waals surface area contributed by atoms with Crippen molar-refractivity contribution in [3.8, 4) is 67.5 Å². The van der Waals surface area contributed by atoms with Crippen molar-refractivity contribution in [2.75, 3.05) is 0 Å². The first-order valence-electron chi connectivity index (χ1n) is 21.0. The van der Waals surface area contributed by atoms with Crippen molar-refractivity contribution in [3.63, 3.8) is 0 Å². The standard InChI is InChI=1S/C58H37N3O/c1-5-17-38(18-6-1)39-29-31-41(32-30-39)56-59-55(40-19-7-2-8-20-40)60-57(61-56)50-36-49-45-25-13-15-27-51(45)58(43-21-9-3-10-22-43,44-23-11-4-12-24-44)52(49)37-48(50)42-33-34-47-46-26-14-16-28-53(46)62-54(47)35-42/h1-37H. The van der Waals surface area contributed by atoms with Crippen molar-refractivity contribution >= 4 is 21.9 Å². The van der Waals surface area contributed by atoms with Crippen molar-refractivity contribution in [1.82, 2.24) is 15.0 Å². The summed E-state index contributed by atoms with van der Waals surface area (Å²) in [7, 11) is 0. The Labute approximate surface area is 359 Å². The Morgan fingerprint density at radius 3 is 1.48 bits per heavy atom. The molecule has 0 atom stereocenters. The lowest BCUT2D eigenvalue weighted by Gasteiger charge is -2.34. The number of para-hydroxylation sites is 1. The van der Waals surface area contributed by atoms with E-state index in [1.807, 2.05) is 36.4 Å². The van der Waals surface area contributed by atoms with Gasteiger partial charge in [0.25, 0.3) is 0 Å². The van der Waals surface area contributed by atoms with E-state index in [0.29, 0.717) is 17.5 Å². The Balaban J connectivity index is 1.15. The minimum atomic E-state index is -0.592. The van der Waals surface area contributed by atoms with Crippen LogP contribution in [0.1, 0.15) is 22.3 Å². The van der Waals surface area contributed by atoms with Crippen molar-refractivity contribution in [1.29, 1.82) is 0 Å². The van der Waals surface area contributed by atoms with Gasteiger partial charge in [-0.3, -0.25) is 0 Å². The van der Waals surface area contributed by atoms with E-state index < -0.39 is 5.41 Å². The number of hydrogen-bond donors (Lipinski definition) is 0. The van der Waals surface area contributed by atoms with E-state index >= 15 is 0 Å². The Hall–Kier alpha value is -8.21. The highest BCUT2D eigenvalue weighted by molar-refractivity contribution is 6.06. The second kappa shape index (κ2) is 14.5. The van der Waals surface area contributed by atoms with Gasteiger partial charge in [-0.1, -0.05) is 194 Å². The van der Waals surface area contributed by atoms with Crippen LogP contribution in [-0.4, -0.2) is 15.0 Å². The first-order chi connectivity index (χ1) is 30.7. The zero-order valence-corrected chi connectivity index (χ0v) is 33.6. The van der Waals surface area contributed by atoms with Gasteiger partial charge in [0.2, 0.25) is 0 Å². The third kappa shape index (κ3) is 5.72. The van der Waals surface area contributed by atoms with Crippen LogP contribution < -0.4 is 0 Å². The van der Waals surface area contributed by atoms with E-state index in [-0.39, 0.29) is 0 Å². The maximum atomic E-state index is 6.54. The Kier molecular flexibility index (Phi) is 8.36. The van der Waals surface area contributed by atoms with E-state index in [9.17, 15) is 0 Å². The van der Waals surface area contributed by atoms with E-state index in [4.69, 9.17) is 19.4 Å². The fraction of sp³-hybridized carbons (Fsp3) is 0.0172. The number of fused-ring (bicyclic) bond motifs is 6. The molecular formula is C58H37N3O. The molecule has 0 N–H and O–H groups in total. The molecule has 4 nitrogen and oxygen atoms in total. The normalized spacial score (nSPS) is 12.6. The predicted molar refractivity (Wildman–Crippen MR) is 252 cm³/mol. The van der Waals surface area contributed by atoms with Crippen LogP contribution in [0.15, 0.2) is 229 Å². The summed E-state index contributed by atoms with van der Waals surface area (Å²) in [6.45, 7) is 0. The molecule has 2 heterocycles. The molecule has 0 radical (unpaired) electrons. The summed E-state index contributed by atoms with van der Waals surface area (Å²) in [5.74, 6) is 1.81. The van der Waals surface area contributed by atoms with Crippen LogP contribution in [0.25, 0.3) is 89.5 Å². The van der Waals surface area contributed by atoms with Gasteiger partial charge in [0.1, 0.15) is 11.2 Å². The number of benzene rings is 9. The molecule has 12 rings (SSSR count). The van der Waals surface area contributed by atoms with Gasteiger partial charge in [-0.2, -0.15) is 0 Å². The molecule has 0 fully saturated rings. The maximum absolute atomic E-state index is 6.54. The van der Waals surface area contributed by atoms with E-state index in [1.165, 1.54) is 27.8 Å². The molecule has 9 aromatic carbocycles. The summed E-state index contributed by atoms with van der Waals surface area (Å²) < 4.78 is 6.54. The van der Waals surface area contributed by atoms with Gasteiger partial charge in [0.05, 0.1) is 5.41 Å². The molecule has 4 heteroatoms. The highest BCUT2D eigenvalue weighted by atomic mass is 16.3. The Morgan fingerprint density at radius 1 is 0.290 bits per heavy atom. The third-order valence-electron chi connectivity index (χ3n) is 12.4. The van der Waals surface area contributed by atoms with Crippen LogP contribution in [0.2, 0.25) is 0 Å². The number of aromatic nitrogens is 3. The monoisotopic (exact) mass is 791 g/mol. The minimum Gasteiger partial charge on any atom is -0.456 e. The van der Waals surface area contributed by atoms with Gasteiger partial charge in [0.15, 0.2) is 17.5 Å². The molecule has 0 saturated heterocycles. The van der Waals surface area contributed by atoms with Gasteiger partial charge < -0.3 is 4.42 Å². The van der Waals surface area contributed by atoms with E-state index in [0.717, 1.165) is 66.4 Å². The molecule has 2 aromatic heterocycles. The molecular weight excluding hydrogens is 755 g/mol. The van der Waals surface area contributed by atoms with Crippen LogP contribution in [0, 0.1) is 0 Å². The quantitative estimate of drug-likeness (QED) is 0.161. The SMILES string of the molecule is c1ccc(-c2ccc(-c3nc(-c4ccccc4)nc(-c4cc5c(cc4-c4ccc6c(c4)oc4ccccc46)C(c4ccccc4)(c4ccccc4)c4ccccc4-5)n3)cc2)cc1. The molecule has 0 aliphatic heterocycles. The van der Waals surface area contributed by atoms with Gasteiger partial charge >= 0.3 is 0 Å². The number of hydrogen-bond acceptors (Lipinski definition) is 4. The van der Waals surface area contributed by atoms with Gasteiger partial charge in [0, 0.05) is 27.5 Å². The fourth-order valence-corrected chi connectivity index (χ4v) is 9.59. The van der Waals surface area contributed by atoms with Crippen LogP contribution in [0.3, 0.4) is 0 Å². The summed E-state index contributed by atoms with van der Waals surface area (Å²) in [4.78, 5) is 15.9. The summed E-state index contributed by atoms with van der Waals surface area (Å²) in [5.41, 5.74) is 15.3. The lowest BCUT2D eigenvalue weighted by Crippen LogP contribution is -2.28. The van der Waals surface area contributed by atoms with Crippen molar-refractivity contribution < 1.29 is 4.42 Å². The third-order valence-corrected chi connectivity index (χ3v) is 12.4. The molecule has 0 saturated carbocycles. The lowest BCUT2D eigenvalue weighted by atomic mass is 9.67. The molecule has 1 aliphatic rings. The Bertz CT molecular complexity index is 3390. The summed E-state index contributed by atoms with van der Waals surface area (Å²) in [6, 6.07) is 79.4. The van der Waals surface area contributed by atoms with Gasteiger partial charge in [-0.15, -0.1) is 0 Å². The zero-order valence-electron chi connectivity index (χ0n) is 33.6. The largest absolute Gasteiger partial charge is 0.456 e. The smallest absolute Gasteiger partial charge is 0.164 e. The van der Waals surface area contributed by atoms with E-state index in [1.54, 1.807) is 0 Å². The molecule has 11 aromatic rings. The first-order valence-corrected chi connectivity index (χ1v) is 21.0. The van der Waals surface area contributed by atoms with Crippen molar-refractivity contribution in [2.24, 2.45) is 0 Å². The van der Waals surface area contributed by atoms with Gasteiger partial charge in [-0.25, -0.2) is 15.0 Å². The van der Waals surface area contributed by atoms with Crippen LogP contribution >= 0.6 is 0 Å². The number of nitrogens with zero attached hydrogens (tertiary/aromatic N) is 3. The summed E-state index contributed by atoms with van der Waals surface area (Å²) >= 11 is 0. The lowest BCUT2D eigenvalue weighted by molar-refractivity contribution is 0.669. The highest BCUT2D eigenvalue weighted by Gasteiger charge is 2.46. The summed E-state index contributed by atoms with van der Waals surface area (Å²) in [5, 5.41) is 2.17. The van der Waals surface area contributed by atoms with Crippen LogP contribution in [0.4, 0.5) is 0 Å². The molecule has 0 spiro atoms. The topological polar surface area (TPSA) is 51.8 Å². The highest BCUT2D eigenvalue weighted by Crippen LogP contribution is 2.58. The second-order valence-corrected chi connectivity index (χ2v) is 15.9. The molecule has 1 aliphatic carbocycles. The average molecular weight is 792 g/mol. The maximum Gasteiger partial charge on any atom is 0.164 e. The Morgan fingerprint density at radius 2 is 0.790 bits per heavy atom.